The predicted molar refractivity (Wildman–Crippen MR) is 75.8 cm³/mol. The number of rotatable bonds is 6. The van der Waals surface area contributed by atoms with Crippen LogP contribution in [0.25, 0.3) is 11.8 Å². The van der Waals surface area contributed by atoms with Gasteiger partial charge in [-0.3, -0.25) is 0 Å². The highest BCUT2D eigenvalue weighted by Gasteiger charge is 2.23. The second-order valence-corrected chi connectivity index (χ2v) is 5.13. The summed E-state index contributed by atoms with van der Waals surface area (Å²) in [6, 6.07) is 6.06. The maximum Gasteiger partial charge on any atom is 0.120 e. The third-order valence-corrected chi connectivity index (χ3v) is 3.44. The lowest BCUT2D eigenvalue weighted by Gasteiger charge is -2.07. The third-order valence-electron chi connectivity index (χ3n) is 3.44. The Balaban J connectivity index is 1.76. The molecule has 2 fully saturated rings. The summed E-state index contributed by atoms with van der Waals surface area (Å²) in [4.78, 5) is 0. The Hall–Kier alpha value is -1.52. The smallest absolute Gasteiger partial charge is 0.120 e. The van der Waals surface area contributed by atoms with Crippen LogP contribution < -0.4 is 15.2 Å². The van der Waals surface area contributed by atoms with Crippen LogP contribution in [0.1, 0.15) is 13.8 Å². The lowest BCUT2D eigenvalue weighted by molar-refractivity contribution is 0.228. The molecule has 4 heteroatoms. The van der Waals surface area contributed by atoms with E-state index in [1.54, 1.807) is 0 Å². The van der Waals surface area contributed by atoms with Gasteiger partial charge in [0.05, 0.1) is 13.2 Å². The van der Waals surface area contributed by atoms with Gasteiger partial charge in [-0.2, -0.15) is 0 Å². The number of hydrogen-bond donors (Lipinski definition) is 0. The van der Waals surface area contributed by atoms with E-state index >= 15 is 0 Å². The average molecular weight is 276 g/mol. The molecule has 2 atom stereocenters. The van der Waals surface area contributed by atoms with Gasteiger partial charge in [0.2, 0.25) is 0 Å². The zero-order chi connectivity index (χ0) is 13.9. The first-order chi connectivity index (χ1) is 9.76. The van der Waals surface area contributed by atoms with Gasteiger partial charge in [0.25, 0.3) is 0 Å². The van der Waals surface area contributed by atoms with Gasteiger partial charge in [0.1, 0.15) is 36.9 Å². The molecule has 2 unspecified atom stereocenters. The van der Waals surface area contributed by atoms with Crippen LogP contribution in [0, 0.1) is 0 Å². The van der Waals surface area contributed by atoms with Crippen molar-refractivity contribution >= 4 is 11.8 Å². The summed E-state index contributed by atoms with van der Waals surface area (Å²) in [6.07, 6.45) is 2.62. The summed E-state index contributed by atoms with van der Waals surface area (Å²) >= 11 is 0. The quantitative estimate of drug-likeness (QED) is 0.721. The first kappa shape index (κ1) is 13.5. The molecule has 0 aliphatic carbocycles. The van der Waals surface area contributed by atoms with Crippen molar-refractivity contribution in [3.8, 4) is 5.75 Å². The van der Waals surface area contributed by atoms with Gasteiger partial charge in [-0.05, 0) is 37.3 Å². The number of ether oxygens (including phenoxy) is 4. The zero-order valence-corrected chi connectivity index (χ0v) is 11.9. The van der Waals surface area contributed by atoms with Crippen molar-refractivity contribution in [2.24, 2.45) is 0 Å². The fraction of sp³-hybridized carbons (Fsp3) is 0.500. The third kappa shape index (κ3) is 3.52. The molecule has 2 aliphatic heterocycles. The normalized spacial score (nSPS) is 26.2. The molecular formula is C16H20O4. The maximum atomic E-state index is 5.75. The molecule has 4 nitrogen and oxygen atoms in total. The highest BCUT2D eigenvalue weighted by atomic mass is 16.6. The van der Waals surface area contributed by atoms with Crippen molar-refractivity contribution in [2.45, 2.75) is 26.1 Å². The zero-order valence-electron chi connectivity index (χ0n) is 11.9. The molecule has 0 radical (unpaired) electrons. The molecule has 20 heavy (non-hydrogen) atoms. The Bertz CT molecular complexity index is 585. The van der Waals surface area contributed by atoms with Gasteiger partial charge in [-0.1, -0.05) is 6.08 Å². The monoisotopic (exact) mass is 276 g/mol. The second-order valence-electron chi connectivity index (χ2n) is 5.13. The number of benzene rings is 1. The van der Waals surface area contributed by atoms with Crippen LogP contribution in [0.5, 0.6) is 5.75 Å². The van der Waals surface area contributed by atoms with E-state index in [1.165, 1.54) is 0 Å². The van der Waals surface area contributed by atoms with Gasteiger partial charge >= 0.3 is 0 Å². The molecule has 108 valence electrons. The standard InChI is InChI=1S/C16H20O4/c1-3-12-6-13(18-8-15-10-20-15)4-5-16(12)11(2)17-7-14-9-19-14/h3-6,14-15H,7-10H2,1-2H3/b12-3-,16-11+. The molecular weight excluding hydrogens is 256 g/mol. The summed E-state index contributed by atoms with van der Waals surface area (Å²) < 4.78 is 21.7. The highest BCUT2D eigenvalue weighted by Crippen LogP contribution is 2.13. The number of hydrogen-bond acceptors (Lipinski definition) is 4. The van der Waals surface area contributed by atoms with Gasteiger partial charge in [-0.15, -0.1) is 0 Å². The average Bonchev–Trinajstić information content (AvgIpc) is 3.36. The predicted octanol–water partition coefficient (Wildman–Crippen LogP) is 0.808. The SMILES string of the molecule is C/C=c1/cc(OCC2CO2)cc/c1=C(/C)OCC1CO1. The fourth-order valence-electron chi connectivity index (χ4n) is 2.00. The van der Waals surface area contributed by atoms with Gasteiger partial charge < -0.3 is 18.9 Å². The summed E-state index contributed by atoms with van der Waals surface area (Å²) in [5.74, 6) is 1.79. The summed E-state index contributed by atoms with van der Waals surface area (Å²) in [7, 11) is 0. The van der Waals surface area contributed by atoms with E-state index in [4.69, 9.17) is 18.9 Å². The van der Waals surface area contributed by atoms with E-state index in [0.717, 1.165) is 35.2 Å². The van der Waals surface area contributed by atoms with Gasteiger partial charge in [0, 0.05) is 5.22 Å². The molecule has 2 saturated heterocycles. The molecule has 0 spiro atoms. The van der Waals surface area contributed by atoms with Crippen LogP contribution in [-0.2, 0) is 14.2 Å². The number of epoxide rings is 2. The summed E-state index contributed by atoms with van der Waals surface area (Å²) in [6.45, 7) is 6.89. The Labute approximate surface area is 118 Å². The molecule has 0 N–H and O–H groups in total. The second kappa shape index (κ2) is 5.85. The van der Waals surface area contributed by atoms with E-state index in [1.807, 2.05) is 32.0 Å². The van der Waals surface area contributed by atoms with Crippen LogP contribution in [0.3, 0.4) is 0 Å². The largest absolute Gasteiger partial charge is 0.495 e. The lowest BCUT2D eigenvalue weighted by atomic mass is 10.2. The van der Waals surface area contributed by atoms with E-state index in [0.29, 0.717) is 13.2 Å². The van der Waals surface area contributed by atoms with E-state index in [2.05, 4.69) is 6.08 Å². The van der Waals surface area contributed by atoms with E-state index in [-0.39, 0.29) is 12.2 Å². The minimum Gasteiger partial charge on any atom is -0.495 e. The van der Waals surface area contributed by atoms with Crippen molar-refractivity contribution in [3.05, 3.63) is 28.6 Å². The molecule has 0 amide bonds. The van der Waals surface area contributed by atoms with Crippen molar-refractivity contribution in [1.82, 2.24) is 0 Å². The van der Waals surface area contributed by atoms with Crippen molar-refractivity contribution in [3.63, 3.8) is 0 Å². The van der Waals surface area contributed by atoms with Crippen LogP contribution in [0.15, 0.2) is 18.2 Å². The highest BCUT2D eigenvalue weighted by molar-refractivity contribution is 5.40. The van der Waals surface area contributed by atoms with Crippen LogP contribution in [-0.4, -0.2) is 38.6 Å². The maximum absolute atomic E-state index is 5.75. The van der Waals surface area contributed by atoms with Gasteiger partial charge in [-0.25, -0.2) is 0 Å². The molecule has 0 bridgehead atoms. The van der Waals surface area contributed by atoms with Crippen molar-refractivity contribution in [1.29, 1.82) is 0 Å². The van der Waals surface area contributed by atoms with Crippen LogP contribution in [0.2, 0.25) is 0 Å². The van der Waals surface area contributed by atoms with Crippen LogP contribution >= 0.6 is 0 Å². The Morgan fingerprint density at radius 2 is 1.95 bits per heavy atom. The molecule has 2 heterocycles. The Morgan fingerprint density at radius 3 is 2.60 bits per heavy atom. The van der Waals surface area contributed by atoms with Crippen LogP contribution in [0.4, 0.5) is 0 Å². The van der Waals surface area contributed by atoms with E-state index in [9.17, 15) is 0 Å². The first-order valence-corrected chi connectivity index (χ1v) is 7.02. The van der Waals surface area contributed by atoms with Crippen molar-refractivity contribution in [2.75, 3.05) is 26.4 Å². The molecule has 1 aromatic rings. The van der Waals surface area contributed by atoms with E-state index < -0.39 is 0 Å². The molecule has 2 aliphatic rings. The lowest BCUT2D eigenvalue weighted by Crippen LogP contribution is -2.27. The molecule has 1 aromatic carbocycles. The van der Waals surface area contributed by atoms with Crippen molar-refractivity contribution < 1.29 is 18.9 Å². The Morgan fingerprint density at radius 1 is 1.25 bits per heavy atom. The fourth-order valence-corrected chi connectivity index (χ4v) is 2.00. The Kier molecular flexibility index (Phi) is 3.94. The van der Waals surface area contributed by atoms with Gasteiger partial charge in [0.15, 0.2) is 0 Å². The topological polar surface area (TPSA) is 43.5 Å². The molecule has 3 rings (SSSR count). The summed E-state index contributed by atoms with van der Waals surface area (Å²) in [5, 5.41) is 2.22. The first-order valence-electron chi connectivity index (χ1n) is 7.02. The minimum absolute atomic E-state index is 0.277. The minimum atomic E-state index is 0.277. The summed E-state index contributed by atoms with van der Waals surface area (Å²) in [5.41, 5.74) is 0. The molecule has 0 aromatic heterocycles. The molecule has 0 saturated carbocycles.